The third kappa shape index (κ3) is 3.73. The molecule has 0 saturated carbocycles. The van der Waals surface area contributed by atoms with E-state index in [0.717, 1.165) is 37.9 Å². The van der Waals surface area contributed by atoms with Gasteiger partial charge in [0.25, 0.3) is 5.91 Å². The van der Waals surface area contributed by atoms with Crippen molar-refractivity contribution in [2.24, 2.45) is 0 Å². The number of rotatable bonds is 5. The van der Waals surface area contributed by atoms with Crippen molar-refractivity contribution in [3.63, 3.8) is 0 Å². The number of carbonyl (C=O) groups excluding carboxylic acids is 1. The Morgan fingerprint density at radius 2 is 2.21 bits per heavy atom. The molecule has 2 aromatic rings. The second kappa shape index (κ2) is 7.71. The van der Waals surface area contributed by atoms with Gasteiger partial charge in [0.1, 0.15) is 17.6 Å². The van der Waals surface area contributed by atoms with Crippen molar-refractivity contribution in [3.05, 3.63) is 47.8 Å². The Kier molecular flexibility index (Phi) is 5.41. The van der Waals surface area contributed by atoms with E-state index in [4.69, 9.17) is 8.83 Å². The van der Waals surface area contributed by atoms with Gasteiger partial charge in [-0.3, -0.25) is 4.79 Å². The molecule has 0 aliphatic carbocycles. The van der Waals surface area contributed by atoms with E-state index in [1.807, 2.05) is 17.9 Å². The maximum atomic E-state index is 12.9. The van der Waals surface area contributed by atoms with Gasteiger partial charge in [-0.25, -0.2) is 0 Å². The lowest BCUT2D eigenvalue weighted by Crippen LogP contribution is -2.40. The molecule has 2 atom stereocenters. The van der Waals surface area contributed by atoms with Crippen LogP contribution in [-0.4, -0.2) is 28.5 Å². The van der Waals surface area contributed by atoms with Gasteiger partial charge in [0.15, 0.2) is 5.76 Å². The fourth-order valence-electron chi connectivity index (χ4n) is 3.37. The van der Waals surface area contributed by atoms with Crippen molar-refractivity contribution in [1.82, 2.24) is 4.90 Å². The lowest BCUT2D eigenvalue weighted by molar-refractivity contribution is 0.0528. The highest BCUT2D eigenvalue weighted by atomic mass is 16.4. The number of hydrogen-bond acceptors (Lipinski definition) is 4. The predicted octanol–water partition coefficient (Wildman–Crippen LogP) is 3.94. The van der Waals surface area contributed by atoms with Crippen LogP contribution in [0.25, 0.3) is 0 Å². The molecule has 0 aromatic carbocycles. The van der Waals surface area contributed by atoms with Crippen molar-refractivity contribution in [1.29, 1.82) is 0 Å². The summed E-state index contributed by atoms with van der Waals surface area (Å²) in [5.41, 5.74) is 0. The molecule has 24 heavy (non-hydrogen) atoms. The Morgan fingerprint density at radius 3 is 2.92 bits per heavy atom. The fourth-order valence-corrected chi connectivity index (χ4v) is 3.37. The topological polar surface area (TPSA) is 66.8 Å². The number of hydrogen-bond donors (Lipinski definition) is 1. The summed E-state index contributed by atoms with van der Waals surface area (Å²) < 4.78 is 10.9. The van der Waals surface area contributed by atoms with Gasteiger partial charge in [-0.15, -0.1) is 0 Å². The molecule has 2 unspecified atom stereocenters. The molecule has 1 aliphatic rings. The van der Waals surface area contributed by atoms with Crippen LogP contribution in [0.3, 0.4) is 0 Å². The van der Waals surface area contributed by atoms with Crippen molar-refractivity contribution in [2.75, 3.05) is 6.54 Å². The minimum atomic E-state index is -0.693. The Bertz CT molecular complexity index is 646. The van der Waals surface area contributed by atoms with Crippen molar-refractivity contribution >= 4 is 5.91 Å². The molecule has 1 aliphatic heterocycles. The van der Waals surface area contributed by atoms with Gasteiger partial charge < -0.3 is 18.8 Å². The van der Waals surface area contributed by atoms with Crippen LogP contribution in [0.15, 0.2) is 39.4 Å². The van der Waals surface area contributed by atoms with Crippen LogP contribution >= 0.6 is 0 Å². The minimum Gasteiger partial charge on any atom is -0.467 e. The largest absolute Gasteiger partial charge is 0.467 e. The number of nitrogens with zero attached hydrogens (tertiary/aromatic N) is 1. The van der Waals surface area contributed by atoms with Crippen LogP contribution in [0.5, 0.6) is 0 Å². The Balaban J connectivity index is 1.75. The molecule has 130 valence electrons. The van der Waals surface area contributed by atoms with Gasteiger partial charge in [-0.2, -0.15) is 0 Å². The SMILES string of the molecule is CCc1ccc(C(=O)N2CCCCCC2CC(O)c2ccco2)o1. The first-order chi connectivity index (χ1) is 11.7. The van der Waals surface area contributed by atoms with E-state index >= 15 is 0 Å². The van der Waals surface area contributed by atoms with Gasteiger partial charge in [0.2, 0.25) is 0 Å². The van der Waals surface area contributed by atoms with Gasteiger partial charge >= 0.3 is 0 Å². The van der Waals surface area contributed by atoms with Crippen LogP contribution in [0.1, 0.15) is 67.2 Å². The maximum absolute atomic E-state index is 12.9. The third-order valence-corrected chi connectivity index (χ3v) is 4.73. The second-order valence-corrected chi connectivity index (χ2v) is 6.39. The van der Waals surface area contributed by atoms with Crippen molar-refractivity contribution < 1.29 is 18.7 Å². The number of furan rings is 2. The highest BCUT2D eigenvalue weighted by Crippen LogP contribution is 2.28. The number of likely N-dealkylation sites (tertiary alicyclic amines) is 1. The molecule has 2 aromatic heterocycles. The molecule has 3 heterocycles. The summed E-state index contributed by atoms with van der Waals surface area (Å²) >= 11 is 0. The first kappa shape index (κ1) is 16.8. The lowest BCUT2D eigenvalue weighted by Gasteiger charge is -2.30. The molecule has 3 rings (SSSR count). The van der Waals surface area contributed by atoms with Crippen LogP contribution < -0.4 is 0 Å². The highest BCUT2D eigenvalue weighted by molar-refractivity contribution is 5.91. The second-order valence-electron chi connectivity index (χ2n) is 6.39. The monoisotopic (exact) mass is 331 g/mol. The molecule has 0 bridgehead atoms. The van der Waals surface area contributed by atoms with Gasteiger partial charge in [0.05, 0.1) is 6.26 Å². The Morgan fingerprint density at radius 1 is 1.33 bits per heavy atom. The Labute approximate surface area is 142 Å². The summed E-state index contributed by atoms with van der Waals surface area (Å²) in [6.07, 6.45) is 6.18. The summed E-state index contributed by atoms with van der Waals surface area (Å²) in [7, 11) is 0. The standard InChI is InChI=1S/C19H25NO4/c1-2-15-9-10-18(24-15)19(22)20-11-5-3-4-7-14(20)13-16(21)17-8-6-12-23-17/h6,8-10,12,14,16,21H,2-5,7,11,13H2,1H3. The average Bonchev–Trinajstić information content (AvgIpc) is 3.23. The molecule has 1 fully saturated rings. The van der Waals surface area contributed by atoms with Crippen LogP contribution in [0, 0.1) is 0 Å². The number of aliphatic hydroxyl groups excluding tert-OH is 1. The molecule has 5 heteroatoms. The summed E-state index contributed by atoms with van der Waals surface area (Å²) in [4.78, 5) is 14.8. The van der Waals surface area contributed by atoms with E-state index in [1.54, 1.807) is 24.5 Å². The number of amides is 1. The molecule has 1 N–H and O–H groups in total. The van der Waals surface area contributed by atoms with Crippen molar-refractivity contribution in [3.8, 4) is 0 Å². The summed E-state index contributed by atoms with van der Waals surface area (Å²) in [5, 5.41) is 10.4. The van der Waals surface area contributed by atoms with Crippen molar-refractivity contribution in [2.45, 2.75) is 57.6 Å². The number of carbonyl (C=O) groups is 1. The zero-order valence-corrected chi connectivity index (χ0v) is 14.1. The quantitative estimate of drug-likeness (QED) is 0.901. The summed E-state index contributed by atoms with van der Waals surface area (Å²) in [6, 6.07) is 7.15. The summed E-state index contributed by atoms with van der Waals surface area (Å²) in [5.74, 6) is 1.69. The van der Waals surface area contributed by atoms with Crippen LogP contribution in [0.4, 0.5) is 0 Å². The smallest absolute Gasteiger partial charge is 0.289 e. The van der Waals surface area contributed by atoms with E-state index in [1.165, 1.54) is 0 Å². The minimum absolute atomic E-state index is 0.00437. The van der Waals surface area contributed by atoms with Gasteiger partial charge in [-0.1, -0.05) is 19.8 Å². The fraction of sp³-hybridized carbons (Fsp3) is 0.526. The van der Waals surface area contributed by atoms with Crippen LogP contribution in [0.2, 0.25) is 0 Å². The van der Waals surface area contributed by atoms with E-state index in [-0.39, 0.29) is 11.9 Å². The third-order valence-electron chi connectivity index (χ3n) is 4.73. The maximum Gasteiger partial charge on any atom is 0.289 e. The normalized spacial score (nSPS) is 19.9. The number of aliphatic hydroxyl groups is 1. The van der Waals surface area contributed by atoms with E-state index in [2.05, 4.69) is 0 Å². The van der Waals surface area contributed by atoms with Gasteiger partial charge in [0, 0.05) is 25.4 Å². The van der Waals surface area contributed by atoms with Crippen LogP contribution in [-0.2, 0) is 6.42 Å². The van der Waals surface area contributed by atoms with Gasteiger partial charge in [-0.05, 0) is 37.1 Å². The molecule has 0 spiro atoms. The molecule has 0 radical (unpaired) electrons. The summed E-state index contributed by atoms with van der Waals surface area (Å²) in [6.45, 7) is 2.71. The molecule has 1 amide bonds. The molecular formula is C19H25NO4. The predicted molar refractivity (Wildman–Crippen MR) is 89.7 cm³/mol. The Hall–Kier alpha value is -2.01. The van der Waals surface area contributed by atoms with E-state index < -0.39 is 6.10 Å². The first-order valence-corrected chi connectivity index (χ1v) is 8.80. The molecular weight excluding hydrogens is 306 g/mol. The first-order valence-electron chi connectivity index (χ1n) is 8.80. The zero-order chi connectivity index (χ0) is 16.9. The zero-order valence-electron chi connectivity index (χ0n) is 14.1. The average molecular weight is 331 g/mol. The van der Waals surface area contributed by atoms with E-state index in [0.29, 0.717) is 24.5 Å². The number of aryl methyl sites for hydroxylation is 1. The lowest BCUT2D eigenvalue weighted by atomic mass is 10.0. The van der Waals surface area contributed by atoms with E-state index in [9.17, 15) is 9.90 Å². The molecule has 1 saturated heterocycles. The molecule has 5 nitrogen and oxygen atoms in total. The highest BCUT2D eigenvalue weighted by Gasteiger charge is 2.30.